The molecule has 27 heavy (non-hydrogen) atoms. The highest BCUT2D eigenvalue weighted by atomic mass is 16.2. The number of carbonyl (C=O) groups is 1. The van der Waals surface area contributed by atoms with Crippen molar-refractivity contribution in [2.75, 3.05) is 16.5 Å². The lowest BCUT2D eigenvalue weighted by molar-refractivity contribution is -0.119. The molecule has 0 aliphatic rings. The Balaban J connectivity index is 1.57. The van der Waals surface area contributed by atoms with E-state index in [1.165, 1.54) is 11.9 Å². The molecule has 0 bridgehead atoms. The number of carbonyl (C=O) groups excluding carboxylic acids is 1. The van der Waals surface area contributed by atoms with E-state index in [-0.39, 0.29) is 12.3 Å². The van der Waals surface area contributed by atoms with Crippen LogP contribution in [0, 0.1) is 6.92 Å². The molecule has 138 valence electrons. The van der Waals surface area contributed by atoms with Crippen LogP contribution >= 0.6 is 0 Å². The standard InChI is InChI=1S/C20H22N6O/c1-14-7-9-16(10-8-14)12-22-19-18(21)20(24-13-23-19)26-25-17(27)11-15-5-3-2-4-6-15/h2-10,13H,11-12,21H2,1H3,(H,25,27)(H2,22,23,24,26). The number of benzene rings is 2. The van der Waals surface area contributed by atoms with Crippen molar-refractivity contribution in [1.82, 2.24) is 15.4 Å². The summed E-state index contributed by atoms with van der Waals surface area (Å²) in [5, 5.41) is 3.19. The number of nitrogens with one attached hydrogen (secondary N) is 3. The summed E-state index contributed by atoms with van der Waals surface area (Å²) in [6, 6.07) is 17.7. The normalized spacial score (nSPS) is 10.3. The minimum absolute atomic E-state index is 0.187. The number of nitrogens with zero attached hydrogens (tertiary/aromatic N) is 2. The van der Waals surface area contributed by atoms with Crippen LogP contribution in [0.25, 0.3) is 0 Å². The van der Waals surface area contributed by atoms with Crippen molar-refractivity contribution in [1.29, 1.82) is 0 Å². The number of aryl methyl sites for hydroxylation is 1. The highest BCUT2D eigenvalue weighted by Gasteiger charge is 2.09. The molecule has 0 saturated heterocycles. The molecule has 1 amide bonds. The smallest absolute Gasteiger partial charge is 0.242 e. The minimum atomic E-state index is -0.187. The van der Waals surface area contributed by atoms with Crippen LogP contribution in [0.15, 0.2) is 60.9 Å². The highest BCUT2D eigenvalue weighted by Crippen LogP contribution is 2.22. The van der Waals surface area contributed by atoms with Gasteiger partial charge in [0.25, 0.3) is 0 Å². The Labute approximate surface area is 158 Å². The van der Waals surface area contributed by atoms with Gasteiger partial charge in [-0.2, -0.15) is 0 Å². The monoisotopic (exact) mass is 362 g/mol. The van der Waals surface area contributed by atoms with E-state index in [1.54, 1.807) is 0 Å². The molecule has 3 aromatic rings. The van der Waals surface area contributed by atoms with Crippen LogP contribution in [-0.2, 0) is 17.8 Å². The number of nitrogen functional groups attached to an aromatic ring is 1. The molecule has 0 unspecified atom stereocenters. The summed E-state index contributed by atoms with van der Waals surface area (Å²) in [5.41, 5.74) is 15.1. The molecule has 0 aliphatic heterocycles. The van der Waals surface area contributed by atoms with Crippen molar-refractivity contribution in [3.63, 3.8) is 0 Å². The van der Waals surface area contributed by atoms with Crippen LogP contribution in [0.4, 0.5) is 17.3 Å². The second-order valence-corrected chi connectivity index (χ2v) is 6.16. The molecule has 0 aliphatic carbocycles. The van der Waals surface area contributed by atoms with E-state index < -0.39 is 0 Å². The zero-order valence-electron chi connectivity index (χ0n) is 15.1. The van der Waals surface area contributed by atoms with Crippen LogP contribution in [0.2, 0.25) is 0 Å². The van der Waals surface area contributed by atoms with Crippen molar-refractivity contribution in [3.05, 3.63) is 77.6 Å². The van der Waals surface area contributed by atoms with Crippen molar-refractivity contribution >= 4 is 23.2 Å². The van der Waals surface area contributed by atoms with Gasteiger partial charge in [0.15, 0.2) is 11.6 Å². The van der Waals surface area contributed by atoms with Gasteiger partial charge in [0.2, 0.25) is 5.91 Å². The zero-order chi connectivity index (χ0) is 19.1. The molecule has 0 saturated carbocycles. The first-order chi connectivity index (χ1) is 13.1. The maximum absolute atomic E-state index is 12.0. The fraction of sp³-hybridized carbons (Fsp3) is 0.150. The van der Waals surface area contributed by atoms with Gasteiger partial charge in [-0.05, 0) is 18.1 Å². The van der Waals surface area contributed by atoms with Crippen molar-refractivity contribution in [3.8, 4) is 0 Å². The molecular weight excluding hydrogens is 340 g/mol. The van der Waals surface area contributed by atoms with E-state index >= 15 is 0 Å². The quantitative estimate of drug-likeness (QED) is 0.482. The summed E-state index contributed by atoms with van der Waals surface area (Å²) in [7, 11) is 0. The fourth-order valence-electron chi connectivity index (χ4n) is 2.48. The SMILES string of the molecule is Cc1ccc(CNc2ncnc(NNC(=O)Cc3ccccc3)c2N)cc1. The second-order valence-electron chi connectivity index (χ2n) is 6.16. The largest absolute Gasteiger partial charge is 0.393 e. The topological polar surface area (TPSA) is 105 Å². The Bertz CT molecular complexity index is 896. The van der Waals surface area contributed by atoms with E-state index in [0.29, 0.717) is 23.9 Å². The van der Waals surface area contributed by atoms with Crippen molar-refractivity contribution < 1.29 is 4.79 Å². The van der Waals surface area contributed by atoms with E-state index in [2.05, 4.69) is 38.3 Å². The molecule has 0 fully saturated rings. The number of rotatable bonds is 7. The predicted octanol–water partition coefficient (Wildman–Crippen LogP) is 2.67. The number of aromatic nitrogens is 2. The Morgan fingerprint density at radius 1 is 0.963 bits per heavy atom. The van der Waals surface area contributed by atoms with E-state index in [1.807, 2.05) is 49.4 Å². The number of hydrazine groups is 1. The van der Waals surface area contributed by atoms with Crippen molar-refractivity contribution in [2.45, 2.75) is 19.9 Å². The molecule has 5 N–H and O–H groups in total. The molecule has 2 aromatic carbocycles. The second kappa shape index (κ2) is 8.66. The summed E-state index contributed by atoms with van der Waals surface area (Å²) in [5.74, 6) is 0.663. The van der Waals surface area contributed by atoms with E-state index in [0.717, 1.165) is 11.1 Å². The van der Waals surface area contributed by atoms with Gasteiger partial charge >= 0.3 is 0 Å². The molecule has 1 heterocycles. The molecular formula is C20H22N6O. The summed E-state index contributed by atoms with van der Waals surface area (Å²) < 4.78 is 0. The Kier molecular flexibility index (Phi) is 5.84. The number of hydrogen-bond acceptors (Lipinski definition) is 6. The third-order valence-electron chi connectivity index (χ3n) is 3.99. The van der Waals surface area contributed by atoms with Gasteiger partial charge in [-0.15, -0.1) is 0 Å². The fourth-order valence-corrected chi connectivity index (χ4v) is 2.48. The van der Waals surface area contributed by atoms with Crippen molar-refractivity contribution in [2.24, 2.45) is 0 Å². The summed E-state index contributed by atoms with van der Waals surface area (Å²) in [6.45, 7) is 2.63. The van der Waals surface area contributed by atoms with Crippen LogP contribution in [-0.4, -0.2) is 15.9 Å². The lowest BCUT2D eigenvalue weighted by atomic mass is 10.1. The summed E-state index contributed by atoms with van der Waals surface area (Å²) in [4.78, 5) is 20.3. The third kappa shape index (κ3) is 5.18. The van der Waals surface area contributed by atoms with Gasteiger partial charge in [-0.1, -0.05) is 60.2 Å². The van der Waals surface area contributed by atoms with E-state index in [4.69, 9.17) is 5.73 Å². The van der Waals surface area contributed by atoms with E-state index in [9.17, 15) is 4.79 Å². The molecule has 7 nitrogen and oxygen atoms in total. The highest BCUT2D eigenvalue weighted by molar-refractivity contribution is 5.81. The lowest BCUT2D eigenvalue weighted by Crippen LogP contribution is -2.31. The van der Waals surface area contributed by atoms with Gasteiger partial charge in [-0.3, -0.25) is 15.6 Å². The van der Waals surface area contributed by atoms with Gasteiger partial charge in [0.05, 0.1) is 6.42 Å². The maximum atomic E-state index is 12.0. The lowest BCUT2D eigenvalue weighted by Gasteiger charge is -2.13. The first-order valence-corrected chi connectivity index (χ1v) is 8.60. The summed E-state index contributed by atoms with van der Waals surface area (Å²) in [6.07, 6.45) is 1.65. The van der Waals surface area contributed by atoms with Crippen LogP contribution in [0.3, 0.4) is 0 Å². The first kappa shape index (κ1) is 18.2. The van der Waals surface area contributed by atoms with Crippen LogP contribution < -0.4 is 21.9 Å². The first-order valence-electron chi connectivity index (χ1n) is 8.60. The molecule has 0 atom stereocenters. The maximum Gasteiger partial charge on any atom is 0.242 e. The molecule has 0 radical (unpaired) electrons. The average molecular weight is 362 g/mol. The van der Waals surface area contributed by atoms with Gasteiger partial charge in [-0.25, -0.2) is 9.97 Å². The Morgan fingerprint density at radius 2 is 1.67 bits per heavy atom. The Morgan fingerprint density at radius 3 is 2.41 bits per heavy atom. The Hall–Kier alpha value is -3.61. The number of nitrogens with two attached hydrogens (primary N) is 1. The molecule has 3 rings (SSSR count). The van der Waals surface area contributed by atoms with Gasteiger partial charge < -0.3 is 11.1 Å². The molecule has 0 spiro atoms. The number of anilines is 3. The molecule has 1 aromatic heterocycles. The van der Waals surface area contributed by atoms with Gasteiger partial charge in [0, 0.05) is 6.54 Å². The number of hydrogen-bond donors (Lipinski definition) is 4. The van der Waals surface area contributed by atoms with Crippen LogP contribution in [0.5, 0.6) is 0 Å². The predicted molar refractivity (Wildman–Crippen MR) is 107 cm³/mol. The average Bonchev–Trinajstić information content (AvgIpc) is 2.68. The zero-order valence-corrected chi connectivity index (χ0v) is 15.1. The summed E-state index contributed by atoms with van der Waals surface area (Å²) >= 11 is 0. The van der Waals surface area contributed by atoms with Gasteiger partial charge in [0.1, 0.15) is 12.0 Å². The molecule has 7 heteroatoms. The third-order valence-corrected chi connectivity index (χ3v) is 3.99. The minimum Gasteiger partial charge on any atom is -0.393 e. The van der Waals surface area contributed by atoms with Crippen LogP contribution in [0.1, 0.15) is 16.7 Å². The number of amides is 1.